The molecule has 0 aromatic heterocycles. The molecule has 2 N–H and O–H groups in total. The molecule has 0 unspecified atom stereocenters. The van der Waals surface area contributed by atoms with Gasteiger partial charge in [-0.05, 0) is 69.9 Å². The lowest BCUT2D eigenvalue weighted by molar-refractivity contribution is -0.167. The lowest BCUT2D eigenvalue weighted by Gasteiger charge is -2.31. The van der Waals surface area contributed by atoms with Gasteiger partial charge in [0.2, 0.25) is 0 Å². The Labute approximate surface area is 167 Å². The van der Waals surface area contributed by atoms with Crippen molar-refractivity contribution in [2.45, 2.75) is 65.4 Å². The van der Waals surface area contributed by atoms with E-state index in [4.69, 9.17) is 4.74 Å². The van der Waals surface area contributed by atoms with E-state index in [-0.39, 0.29) is 17.8 Å². The van der Waals surface area contributed by atoms with Gasteiger partial charge in [-0.15, -0.1) is 0 Å². The molecule has 6 heteroatoms. The molecule has 0 aromatic rings. The molecule has 0 amide bonds. The summed E-state index contributed by atoms with van der Waals surface area (Å²) in [5.41, 5.74) is -0.685. The number of carbonyl (C=O) groups excluding carboxylic acids is 3. The van der Waals surface area contributed by atoms with E-state index >= 15 is 0 Å². The van der Waals surface area contributed by atoms with E-state index in [1.54, 1.807) is 26.0 Å². The molecule has 0 spiro atoms. The van der Waals surface area contributed by atoms with Gasteiger partial charge in [-0.1, -0.05) is 19.1 Å². The van der Waals surface area contributed by atoms with Gasteiger partial charge in [0, 0.05) is 5.92 Å². The number of aldehydes is 1. The van der Waals surface area contributed by atoms with Gasteiger partial charge in [0.1, 0.15) is 17.8 Å². The standard InChI is InChI=1S/C22H34O6/c1-16(13-23)12-17(2)20(26)7-5-4-6-18-8-10-19(11-9-18)28-21(27)22(3,14-24)15-25/h5,7,12-13,17-19,24-25H,4,6,8-11,14-15H2,1-3H3/b7-5+,16-12+/t17-,18?,19?/m1/s1. The van der Waals surface area contributed by atoms with Crippen LogP contribution in [0, 0.1) is 17.3 Å². The van der Waals surface area contributed by atoms with Crippen molar-refractivity contribution in [1.29, 1.82) is 0 Å². The van der Waals surface area contributed by atoms with E-state index < -0.39 is 24.6 Å². The van der Waals surface area contributed by atoms with E-state index in [1.807, 2.05) is 6.08 Å². The average molecular weight is 395 g/mol. The van der Waals surface area contributed by atoms with Crippen molar-refractivity contribution in [1.82, 2.24) is 0 Å². The van der Waals surface area contributed by atoms with Gasteiger partial charge in [0.25, 0.3) is 0 Å². The fraction of sp³-hybridized carbons (Fsp3) is 0.682. The highest BCUT2D eigenvalue weighted by molar-refractivity contribution is 5.93. The van der Waals surface area contributed by atoms with Gasteiger partial charge in [-0.3, -0.25) is 14.4 Å². The smallest absolute Gasteiger partial charge is 0.316 e. The molecule has 0 aromatic carbocycles. The first-order chi connectivity index (χ1) is 13.3. The minimum atomic E-state index is -1.25. The van der Waals surface area contributed by atoms with E-state index in [0.29, 0.717) is 11.5 Å². The highest BCUT2D eigenvalue weighted by atomic mass is 16.5. The van der Waals surface area contributed by atoms with Crippen molar-refractivity contribution in [3.8, 4) is 0 Å². The second-order valence-electron chi connectivity index (χ2n) is 8.12. The predicted molar refractivity (Wildman–Crippen MR) is 106 cm³/mol. The van der Waals surface area contributed by atoms with Crippen molar-refractivity contribution in [3.63, 3.8) is 0 Å². The highest BCUT2D eigenvalue weighted by Gasteiger charge is 2.36. The van der Waals surface area contributed by atoms with Crippen LogP contribution in [-0.2, 0) is 19.1 Å². The maximum absolute atomic E-state index is 12.1. The largest absolute Gasteiger partial charge is 0.462 e. The number of esters is 1. The third-order valence-electron chi connectivity index (χ3n) is 5.43. The number of hydrogen-bond acceptors (Lipinski definition) is 6. The molecule has 28 heavy (non-hydrogen) atoms. The summed E-state index contributed by atoms with van der Waals surface area (Å²) in [4.78, 5) is 34.7. The molecule has 1 rings (SSSR count). The first kappa shape index (κ1) is 24.2. The number of aliphatic hydroxyl groups excluding tert-OH is 2. The summed E-state index contributed by atoms with van der Waals surface area (Å²) in [5.74, 6) is -0.315. The quantitative estimate of drug-likeness (QED) is 0.317. The molecule has 1 aliphatic carbocycles. The molecule has 1 fully saturated rings. The fourth-order valence-corrected chi connectivity index (χ4v) is 3.21. The van der Waals surface area contributed by atoms with Gasteiger partial charge in [0.05, 0.1) is 13.2 Å². The molecule has 0 bridgehead atoms. The van der Waals surface area contributed by atoms with Crippen LogP contribution in [-0.4, -0.2) is 47.6 Å². The zero-order chi connectivity index (χ0) is 21.2. The zero-order valence-electron chi connectivity index (χ0n) is 17.2. The highest BCUT2D eigenvalue weighted by Crippen LogP contribution is 2.31. The fourth-order valence-electron chi connectivity index (χ4n) is 3.21. The van der Waals surface area contributed by atoms with Crippen molar-refractivity contribution in [2.75, 3.05) is 13.2 Å². The molecular weight excluding hydrogens is 360 g/mol. The average Bonchev–Trinajstić information content (AvgIpc) is 2.71. The number of hydrogen-bond donors (Lipinski definition) is 2. The lowest BCUT2D eigenvalue weighted by atomic mass is 9.84. The second-order valence-corrected chi connectivity index (χ2v) is 8.12. The first-order valence-corrected chi connectivity index (χ1v) is 10.0. The summed E-state index contributed by atoms with van der Waals surface area (Å²) in [6.45, 7) is 4.08. The van der Waals surface area contributed by atoms with Crippen LogP contribution in [0.4, 0.5) is 0 Å². The summed E-state index contributed by atoms with van der Waals surface area (Å²) in [6.07, 6.45) is 11.0. The number of allylic oxidation sites excluding steroid dienone is 4. The van der Waals surface area contributed by atoms with Crippen LogP contribution in [0.2, 0.25) is 0 Å². The van der Waals surface area contributed by atoms with Crippen molar-refractivity contribution in [2.24, 2.45) is 17.3 Å². The number of aliphatic hydroxyl groups is 2. The molecule has 0 heterocycles. The van der Waals surface area contributed by atoms with Crippen LogP contribution in [0.25, 0.3) is 0 Å². The Bertz CT molecular complexity index is 580. The first-order valence-electron chi connectivity index (χ1n) is 10.0. The number of ketones is 1. The van der Waals surface area contributed by atoms with Crippen LogP contribution in [0.3, 0.4) is 0 Å². The number of rotatable bonds is 11. The van der Waals surface area contributed by atoms with Gasteiger partial charge >= 0.3 is 5.97 Å². The van der Waals surface area contributed by atoms with E-state index in [2.05, 4.69) is 0 Å². The van der Waals surface area contributed by atoms with Crippen molar-refractivity contribution in [3.05, 3.63) is 23.8 Å². The summed E-state index contributed by atoms with van der Waals surface area (Å²) in [7, 11) is 0. The molecule has 0 aliphatic heterocycles. The van der Waals surface area contributed by atoms with E-state index in [9.17, 15) is 24.6 Å². The third kappa shape index (κ3) is 7.68. The summed E-state index contributed by atoms with van der Waals surface area (Å²) < 4.78 is 5.46. The Balaban J connectivity index is 2.33. The summed E-state index contributed by atoms with van der Waals surface area (Å²) >= 11 is 0. The Morgan fingerprint density at radius 3 is 2.32 bits per heavy atom. The monoisotopic (exact) mass is 394 g/mol. The van der Waals surface area contributed by atoms with Gasteiger partial charge < -0.3 is 14.9 Å². The zero-order valence-corrected chi connectivity index (χ0v) is 17.2. The lowest BCUT2D eigenvalue weighted by Crippen LogP contribution is -2.39. The normalized spacial score (nSPS) is 22.1. The minimum Gasteiger partial charge on any atom is -0.462 e. The van der Waals surface area contributed by atoms with Crippen LogP contribution >= 0.6 is 0 Å². The molecule has 6 nitrogen and oxygen atoms in total. The van der Waals surface area contributed by atoms with Gasteiger partial charge in [-0.25, -0.2) is 0 Å². The number of ether oxygens (including phenoxy) is 1. The Morgan fingerprint density at radius 1 is 1.18 bits per heavy atom. The summed E-state index contributed by atoms with van der Waals surface area (Å²) in [5, 5.41) is 18.5. The van der Waals surface area contributed by atoms with Crippen molar-refractivity contribution < 1.29 is 29.3 Å². The second kappa shape index (κ2) is 11.9. The minimum absolute atomic E-state index is 0.00682. The SMILES string of the molecule is C/C(C=O)=C\[C@@H](C)C(=O)/C=C/CCC1CCC(OC(=O)C(C)(CO)CO)CC1. The molecule has 0 radical (unpaired) electrons. The Hall–Kier alpha value is -1.79. The molecule has 1 saturated carbocycles. The third-order valence-corrected chi connectivity index (χ3v) is 5.43. The Kier molecular flexibility index (Phi) is 10.3. The van der Waals surface area contributed by atoms with Crippen LogP contribution < -0.4 is 0 Å². The number of carbonyl (C=O) groups is 3. The molecule has 158 valence electrons. The van der Waals surface area contributed by atoms with Gasteiger partial charge in [0.15, 0.2) is 5.78 Å². The van der Waals surface area contributed by atoms with Crippen LogP contribution in [0.15, 0.2) is 23.8 Å². The Morgan fingerprint density at radius 2 is 1.79 bits per heavy atom. The molecular formula is C22H34O6. The predicted octanol–water partition coefficient (Wildman–Crippen LogP) is 2.77. The molecule has 0 saturated heterocycles. The van der Waals surface area contributed by atoms with E-state index in [1.165, 1.54) is 6.92 Å². The van der Waals surface area contributed by atoms with Crippen LogP contribution in [0.5, 0.6) is 0 Å². The molecule has 1 aliphatic rings. The molecule has 1 atom stereocenters. The topological polar surface area (TPSA) is 101 Å². The van der Waals surface area contributed by atoms with Crippen molar-refractivity contribution >= 4 is 18.0 Å². The van der Waals surface area contributed by atoms with Gasteiger partial charge in [-0.2, -0.15) is 0 Å². The summed E-state index contributed by atoms with van der Waals surface area (Å²) in [6, 6.07) is 0. The maximum Gasteiger partial charge on any atom is 0.316 e. The van der Waals surface area contributed by atoms with E-state index in [0.717, 1.165) is 44.8 Å². The van der Waals surface area contributed by atoms with Crippen LogP contribution in [0.1, 0.15) is 59.3 Å². The maximum atomic E-state index is 12.1.